The molecule has 0 bridgehead atoms. The van der Waals surface area contributed by atoms with E-state index in [1.54, 1.807) is 0 Å². The summed E-state index contributed by atoms with van der Waals surface area (Å²) in [4.78, 5) is 23.3. The molecule has 0 saturated heterocycles. The number of para-hydroxylation sites is 1. The number of carbonyl (C=O) groups excluding carboxylic acids is 2. The zero-order chi connectivity index (χ0) is 19.6. The summed E-state index contributed by atoms with van der Waals surface area (Å²) in [6.45, 7) is 6.79. The molecule has 0 atom stereocenters. The van der Waals surface area contributed by atoms with Crippen LogP contribution in [0.3, 0.4) is 0 Å². The Bertz CT molecular complexity index is 799. The van der Waals surface area contributed by atoms with Gasteiger partial charge in [-0.2, -0.15) is 5.10 Å². The molecule has 0 aromatic heterocycles. The van der Waals surface area contributed by atoms with Gasteiger partial charge in [-0.05, 0) is 30.5 Å². The maximum Gasteiger partial charge on any atom is 0.329 e. The number of rotatable bonds is 7. The largest absolute Gasteiger partial charge is 0.488 e. The first kappa shape index (κ1) is 20.2. The van der Waals surface area contributed by atoms with Crippen molar-refractivity contribution in [2.75, 3.05) is 6.54 Å². The molecule has 2 amide bonds. The Morgan fingerprint density at radius 3 is 2.48 bits per heavy atom. The van der Waals surface area contributed by atoms with E-state index in [-0.39, 0.29) is 5.92 Å². The minimum atomic E-state index is -0.801. The lowest BCUT2D eigenvalue weighted by Gasteiger charge is -2.09. The Kier molecular flexibility index (Phi) is 7.55. The summed E-state index contributed by atoms with van der Waals surface area (Å²) in [5.41, 5.74) is 5.18. The highest BCUT2D eigenvalue weighted by atomic mass is 16.5. The highest BCUT2D eigenvalue weighted by Crippen LogP contribution is 2.17. The van der Waals surface area contributed by atoms with Crippen molar-refractivity contribution < 1.29 is 14.3 Å². The molecule has 2 aromatic carbocycles. The summed E-state index contributed by atoms with van der Waals surface area (Å²) in [5.74, 6) is -0.599. The van der Waals surface area contributed by atoms with Crippen LogP contribution in [-0.2, 0) is 16.2 Å². The number of hydrogen-bond donors (Lipinski definition) is 2. The van der Waals surface area contributed by atoms with Crippen LogP contribution in [-0.4, -0.2) is 24.6 Å². The van der Waals surface area contributed by atoms with Crippen LogP contribution in [0.5, 0.6) is 5.75 Å². The number of benzene rings is 2. The third-order valence-electron chi connectivity index (χ3n) is 3.68. The van der Waals surface area contributed by atoms with Gasteiger partial charge in [0.1, 0.15) is 12.4 Å². The topological polar surface area (TPSA) is 79.8 Å². The van der Waals surface area contributed by atoms with E-state index in [0.29, 0.717) is 24.5 Å². The summed E-state index contributed by atoms with van der Waals surface area (Å²) in [6, 6.07) is 15.4. The summed E-state index contributed by atoms with van der Waals surface area (Å²) in [5, 5.41) is 6.39. The quantitative estimate of drug-likeness (QED) is 0.449. The van der Waals surface area contributed by atoms with Crippen LogP contribution in [0.2, 0.25) is 0 Å². The SMILES string of the molecule is Cc1ccc(COc2ccccc2/C=N\NC(=O)C(=O)NCC(C)C)cc1. The predicted octanol–water partition coefficient (Wildman–Crippen LogP) is 2.80. The zero-order valence-electron chi connectivity index (χ0n) is 15.9. The van der Waals surface area contributed by atoms with E-state index in [1.807, 2.05) is 69.3 Å². The van der Waals surface area contributed by atoms with Gasteiger partial charge in [-0.3, -0.25) is 9.59 Å². The highest BCUT2D eigenvalue weighted by Gasteiger charge is 2.12. The van der Waals surface area contributed by atoms with E-state index >= 15 is 0 Å². The van der Waals surface area contributed by atoms with Crippen LogP contribution >= 0.6 is 0 Å². The number of nitrogens with zero attached hydrogens (tertiary/aromatic N) is 1. The fraction of sp³-hybridized carbons (Fsp3) is 0.286. The summed E-state index contributed by atoms with van der Waals surface area (Å²) >= 11 is 0. The lowest BCUT2D eigenvalue weighted by atomic mass is 10.1. The Morgan fingerprint density at radius 1 is 1.07 bits per heavy atom. The standard InChI is InChI=1S/C21H25N3O3/c1-15(2)12-22-20(25)21(26)24-23-13-18-6-4-5-7-19(18)27-14-17-10-8-16(3)9-11-17/h4-11,13,15H,12,14H2,1-3H3,(H,22,25)(H,24,26)/b23-13-. The molecule has 0 aliphatic rings. The van der Waals surface area contributed by atoms with Gasteiger partial charge < -0.3 is 10.1 Å². The number of hydrazone groups is 1. The van der Waals surface area contributed by atoms with Crippen LogP contribution in [0.4, 0.5) is 0 Å². The summed E-state index contributed by atoms with van der Waals surface area (Å²) in [7, 11) is 0. The molecule has 0 saturated carbocycles. The Balaban J connectivity index is 1.92. The number of ether oxygens (including phenoxy) is 1. The minimum Gasteiger partial charge on any atom is -0.488 e. The third kappa shape index (κ3) is 6.93. The van der Waals surface area contributed by atoms with E-state index in [0.717, 1.165) is 5.56 Å². The molecule has 142 valence electrons. The fourth-order valence-corrected chi connectivity index (χ4v) is 2.15. The van der Waals surface area contributed by atoms with Crippen molar-refractivity contribution in [3.05, 3.63) is 65.2 Å². The molecule has 2 N–H and O–H groups in total. The average molecular weight is 367 g/mol. The molecule has 2 rings (SSSR count). The first-order chi connectivity index (χ1) is 13.0. The van der Waals surface area contributed by atoms with Crippen molar-refractivity contribution in [2.24, 2.45) is 11.0 Å². The van der Waals surface area contributed by atoms with Crippen molar-refractivity contribution in [1.29, 1.82) is 0 Å². The molecule has 0 aliphatic carbocycles. The van der Waals surface area contributed by atoms with Crippen molar-refractivity contribution >= 4 is 18.0 Å². The monoisotopic (exact) mass is 367 g/mol. The van der Waals surface area contributed by atoms with Gasteiger partial charge >= 0.3 is 11.8 Å². The van der Waals surface area contributed by atoms with Crippen molar-refractivity contribution in [2.45, 2.75) is 27.4 Å². The van der Waals surface area contributed by atoms with Gasteiger partial charge in [0.15, 0.2) is 0 Å². The first-order valence-corrected chi connectivity index (χ1v) is 8.84. The molecule has 0 fully saturated rings. The van der Waals surface area contributed by atoms with Crippen LogP contribution in [0.25, 0.3) is 0 Å². The van der Waals surface area contributed by atoms with E-state index in [2.05, 4.69) is 15.8 Å². The summed E-state index contributed by atoms with van der Waals surface area (Å²) < 4.78 is 5.85. The maximum absolute atomic E-state index is 11.7. The van der Waals surface area contributed by atoms with E-state index < -0.39 is 11.8 Å². The molecule has 0 unspecified atom stereocenters. The van der Waals surface area contributed by atoms with Crippen LogP contribution in [0.15, 0.2) is 53.6 Å². The van der Waals surface area contributed by atoms with Crippen LogP contribution in [0.1, 0.15) is 30.5 Å². The van der Waals surface area contributed by atoms with E-state index in [9.17, 15) is 9.59 Å². The number of hydrogen-bond acceptors (Lipinski definition) is 4. The van der Waals surface area contributed by atoms with Crippen LogP contribution in [0, 0.1) is 12.8 Å². The number of aryl methyl sites for hydroxylation is 1. The lowest BCUT2D eigenvalue weighted by Crippen LogP contribution is -2.39. The number of nitrogens with one attached hydrogen (secondary N) is 2. The van der Waals surface area contributed by atoms with Gasteiger partial charge in [0.2, 0.25) is 0 Å². The molecule has 0 radical (unpaired) electrons. The Hall–Kier alpha value is -3.15. The molecular weight excluding hydrogens is 342 g/mol. The highest BCUT2D eigenvalue weighted by molar-refractivity contribution is 6.35. The van der Waals surface area contributed by atoms with E-state index in [1.165, 1.54) is 11.8 Å². The van der Waals surface area contributed by atoms with Crippen molar-refractivity contribution in [3.63, 3.8) is 0 Å². The van der Waals surface area contributed by atoms with Gasteiger partial charge in [0, 0.05) is 12.1 Å². The zero-order valence-corrected chi connectivity index (χ0v) is 15.9. The normalized spacial score (nSPS) is 10.8. The van der Waals surface area contributed by atoms with Gasteiger partial charge in [-0.15, -0.1) is 0 Å². The van der Waals surface area contributed by atoms with Gasteiger partial charge in [0.25, 0.3) is 0 Å². The van der Waals surface area contributed by atoms with E-state index in [4.69, 9.17) is 4.74 Å². The third-order valence-corrected chi connectivity index (χ3v) is 3.68. The predicted molar refractivity (Wildman–Crippen MR) is 106 cm³/mol. The van der Waals surface area contributed by atoms with Crippen molar-refractivity contribution in [3.8, 4) is 5.75 Å². The molecule has 0 heterocycles. The van der Waals surface area contributed by atoms with Gasteiger partial charge in [0.05, 0.1) is 6.21 Å². The second-order valence-electron chi connectivity index (χ2n) is 6.62. The molecular formula is C21H25N3O3. The Labute approximate surface area is 159 Å². The van der Waals surface area contributed by atoms with Crippen LogP contribution < -0.4 is 15.5 Å². The second kappa shape index (κ2) is 10.1. The molecule has 6 heteroatoms. The first-order valence-electron chi connectivity index (χ1n) is 8.84. The molecule has 2 aromatic rings. The molecule has 0 aliphatic heterocycles. The molecule has 6 nitrogen and oxygen atoms in total. The smallest absolute Gasteiger partial charge is 0.329 e. The summed E-state index contributed by atoms with van der Waals surface area (Å²) in [6.07, 6.45) is 1.46. The Morgan fingerprint density at radius 2 is 1.78 bits per heavy atom. The average Bonchev–Trinajstić information content (AvgIpc) is 2.66. The lowest BCUT2D eigenvalue weighted by molar-refractivity contribution is -0.139. The molecule has 27 heavy (non-hydrogen) atoms. The molecule has 0 spiro atoms. The van der Waals surface area contributed by atoms with Gasteiger partial charge in [-0.25, -0.2) is 5.43 Å². The minimum absolute atomic E-state index is 0.266. The van der Waals surface area contributed by atoms with Gasteiger partial charge in [-0.1, -0.05) is 55.8 Å². The number of carbonyl (C=O) groups is 2. The fourth-order valence-electron chi connectivity index (χ4n) is 2.15. The maximum atomic E-state index is 11.7. The number of amides is 2. The van der Waals surface area contributed by atoms with Crippen molar-refractivity contribution in [1.82, 2.24) is 10.7 Å². The second-order valence-corrected chi connectivity index (χ2v) is 6.62.